The van der Waals surface area contributed by atoms with Crippen molar-refractivity contribution in [1.82, 2.24) is 4.90 Å². The Bertz CT molecular complexity index is 674. The second-order valence-electron chi connectivity index (χ2n) is 8.72. The second-order valence-corrected chi connectivity index (χ2v) is 10.3. The molecule has 0 spiro atoms. The van der Waals surface area contributed by atoms with Gasteiger partial charge in [0.05, 0.1) is 6.10 Å². The van der Waals surface area contributed by atoms with E-state index in [1.54, 1.807) is 28.2 Å². The smallest absolute Gasteiger partial charge is 0.0667 e. The number of aliphatic hydroxyl groups is 1. The number of thiophene rings is 2. The van der Waals surface area contributed by atoms with Gasteiger partial charge in [0.1, 0.15) is 0 Å². The molecular weight excluding hydrogens is 406 g/mol. The number of β-amino-alcohol motifs (C(OH)–C–C–N with tert-alkyl or cyclic N) is 1. The average molecular weight is 446 g/mol. The van der Waals surface area contributed by atoms with Crippen molar-refractivity contribution in [3.8, 4) is 0 Å². The molecule has 1 fully saturated rings. The highest BCUT2D eigenvalue weighted by Gasteiger charge is 2.21. The molecule has 4 heteroatoms. The maximum absolute atomic E-state index is 10.5. The lowest BCUT2D eigenvalue weighted by Gasteiger charge is -2.31. The van der Waals surface area contributed by atoms with E-state index < -0.39 is 0 Å². The molecule has 0 radical (unpaired) electrons. The van der Waals surface area contributed by atoms with Gasteiger partial charge < -0.3 is 10.0 Å². The molecule has 30 heavy (non-hydrogen) atoms. The number of aliphatic hydroxyl groups excluding tert-OH is 1. The number of hydrogen-bond acceptors (Lipinski definition) is 4. The fourth-order valence-corrected chi connectivity index (χ4v) is 5.84. The van der Waals surface area contributed by atoms with E-state index in [0.29, 0.717) is 0 Å². The summed E-state index contributed by atoms with van der Waals surface area (Å²) in [7, 11) is 0. The zero-order chi connectivity index (χ0) is 21.0. The molecule has 1 aliphatic heterocycles. The zero-order valence-corrected chi connectivity index (χ0v) is 20.3. The minimum Gasteiger partial charge on any atom is -0.392 e. The van der Waals surface area contributed by atoms with Crippen LogP contribution in [0.4, 0.5) is 0 Å². The van der Waals surface area contributed by atoms with Crippen molar-refractivity contribution in [3.63, 3.8) is 0 Å². The van der Waals surface area contributed by atoms with Gasteiger partial charge in [-0.3, -0.25) is 0 Å². The fourth-order valence-electron chi connectivity index (χ4n) is 4.55. The third-order valence-electron chi connectivity index (χ3n) is 6.29. The molecule has 3 rings (SSSR count). The zero-order valence-electron chi connectivity index (χ0n) is 18.7. The van der Waals surface area contributed by atoms with E-state index in [1.165, 1.54) is 68.1 Å². The van der Waals surface area contributed by atoms with Crippen LogP contribution in [-0.4, -0.2) is 35.7 Å². The third-order valence-corrected chi connectivity index (χ3v) is 7.66. The largest absolute Gasteiger partial charge is 0.392 e. The first-order valence-corrected chi connectivity index (χ1v) is 13.8. The third kappa shape index (κ3) is 7.64. The molecule has 1 saturated heterocycles. The van der Waals surface area contributed by atoms with E-state index in [4.69, 9.17) is 0 Å². The summed E-state index contributed by atoms with van der Waals surface area (Å²) in [6, 6.07) is 4.51. The van der Waals surface area contributed by atoms with Gasteiger partial charge in [0.15, 0.2) is 0 Å². The maximum atomic E-state index is 10.5. The maximum Gasteiger partial charge on any atom is 0.0667 e. The van der Waals surface area contributed by atoms with Crippen LogP contribution >= 0.6 is 22.7 Å². The summed E-state index contributed by atoms with van der Waals surface area (Å²) >= 11 is 3.56. The summed E-state index contributed by atoms with van der Waals surface area (Å²) in [5.41, 5.74) is 5.78. The summed E-state index contributed by atoms with van der Waals surface area (Å²) in [4.78, 5) is 2.47. The van der Waals surface area contributed by atoms with Crippen molar-refractivity contribution in [2.24, 2.45) is 0 Å². The van der Waals surface area contributed by atoms with Crippen molar-refractivity contribution >= 4 is 28.2 Å². The van der Waals surface area contributed by atoms with Crippen molar-refractivity contribution in [2.45, 2.75) is 83.7 Å². The van der Waals surface area contributed by atoms with Gasteiger partial charge in [0.25, 0.3) is 0 Å². The van der Waals surface area contributed by atoms with Crippen molar-refractivity contribution in [2.75, 3.05) is 19.6 Å². The van der Waals surface area contributed by atoms with Crippen LogP contribution in [0.25, 0.3) is 5.57 Å². The predicted octanol–water partition coefficient (Wildman–Crippen LogP) is 7.60. The number of unbranched alkanes of at least 4 members (excludes halogenated alkanes) is 7. The Labute approximate surface area is 191 Å². The Morgan fingerprint density at radius 3 is 2.00 bits per heavy atom. The van der Waals surface area contributed by atoms with E-state index in [1.807, 2.05) is 0 Å². The molecule has 3 heterocycles. The Morgan fingerprint density at radius 1 is 0.900 bits per heavy atom. The fraction of sp³-hybridized carbons (Fsp3) is 0.615. The first-order chi connectivity index (χ1) is 14.8. The Hall–Kier alpha value is -0.940. The van der Waals surface area contributed by atoms with Crippen LogP contribution in [0.15, 0.2) is 39.2 Å². The molecule has 2 nitrogen and oxygen atoms in total. The van der Waals surface area contributed by atoms with Gasteiger partial charge >= 0.3 is 0 Å². The first kappa shape index (κ1) is 23.7. The summed E-state index contributed by atoms with van der Waals surface area (Å²) in [5, 5.41) is 19.4. The minimum absolute atomic E-state index is 0.163. The molecule has 2 aromatic heterocycles. The Morgan fingerprint density at radius 2 is 1.47 bits per heavy atom. The van der Waals surface area contributed by atoms with Gasteiger partial charge in [-0.25, -0.2) is 0 Å². The lowest BCUT2D eigenvalue weighted by molar-refractivity contribution is 0.0987. The van der Waals surface area contributed by atoms with E-state index in [0.717, 1.165) is 38.9 Å². The van der Waals surface area contributed by atoms with Crippen LogP contribution in [0.1, 0.15) is 88.7 Å². The van der Waals surface area contributed by atoms with Gasteiger partial charge in [-0.15, -0.1) is 0 Å². The molecular formula is C26H39NOS2. The topological polar surface area (TPSA) is 23.5 Å². The monoisotopic (exact) mass is 445 g/mol. The predicted molar refractivity (Wildman–Crippen MR) is 134 cm³/mol. The molecule has 0 aliphatic carbocycles. The lowest BCUT2D eigenvalue weighted by Crippen LogP contribution is -2.37. The number of piperidine rings is 1. The van der Waals surface area contributed by atoms with Gasteiger partial charge in [-0.1, -0.05) is 63.9 Å². The van der Waals surface area contributed by atoms with Crippen molar-refractivity contribution in [1.29, 1.82) is 0 Å². The van der Waals surface area contributed by atoms with E-state index in [9.17, 15) is 5.11 Å². The second kappa shape index (κ2) is 13.5. The van der Waals surface area contributed by atoms with E-state index >= 15 is 0 Å². The van der Waals surface area contributed by atoms with Gasteiger partial charge in [-0.05, 0) is 69.6 Å². The standard InChI is InChI=1S/C26H39NOS2/c1-2-3-4-5-6-7-8-9-10-25(28)19-27-15-11-22(12-16-27)26(23-13-17-29-20-23)24-14-18-30-21-24/h13-14,17-18,20-21,25,28H,2-12,15-16,19H2,1H3. The Kier molecular flexibility index (Phi) is 10.6. The first-order valence-electron chi connectivity index (χ1n) is 12.0. The Balaban J connectivity index is 1.39. The molecule has 1 N–H and O–H groups in total. The molecule has 1 unspecified atom stereocenters. The highest BCUT2D eigenvalue weighted by atomic mass is 32.1. The summed E-state index contributed by atoms with van der Waals surface area (Å²) < 4.78 is 0. The molecule has 0 amide bonds. The van der Waals surface area contributed by atoms with Gasteiger partial charge in [0.2, 0.25) is 0 Å². The summed E-state index contributed by atoms with van der Waals surface area (Å²) in [5.74, 6) is 0. The lowest BCUT2D eigenvalue weighted by atomic mass is 9.91. The number of likely N-dealkylation sites (tertiary alicyclic amines) is 1. The number of hydrogen-bond donors (Lipinski definition) is 1. The molecule has 2 aromatic rings. The van der Waals surface area contributed by atoms with Gasteiger partial charge in [-0.2, -0.15) is 22.7 Å². The van der Waals surface area contributed by atoms with Crippen LogP contribution in [0.5, 0.6) is 0 Å². The quantitative estimate of drug-likeness (QED) is 0.321. The molecule has 0 saturated carbocycles. The summed E-state index contributed by atoms with van der Waals surface area (Å²) in [6.45, 7) is 5.26. The van der Waals surface area contributed by atoms with Crippen LogP contribution in [-0.2, 0) is 0 Å². The SMILES string of the molecule is CCCCCCCCCCC(O)CN1CCC(=C(c2ccsc2)c2ccsc2)CC1. The van der Waals surface area contributed by atoms with E-state index in [-0.39, 0.29) is 6.10 Å². The van der Waals surface area contributed by atoms with Crippen LogP contribution < -0.4 is 0 Å². The molecule has 0 bridgehead atoms. The average Bonchev–Trinajstić information content (AvgIpc) is 3.47. The molecule has 1 atom stereocenters. The van der Waals surface area contributed by atoms with Crippen molar-refractivity contribution < 1.29 is 5.11 Å². The highest BCUT2D eigenvalue weighted by molar-refractivity contribution is 7.08. The highest BCUT2D eigenvalue weighted by Crippen LogP contribution is 2.34. The van der Waals surface area contributed by atoms with E-state index in [2.05, 4.69) is 45.5 Å². The van der Waals surface area contributed by atoms with Gasteiger partial charge in [0, 0.05) is 19.6 Å². The normalized spacial score (nSPS) is 16.1. The number of nitrogens with zero attached hydrogens (tertiary/aromatic N) is 1. The van der Waals surface area contributed by atoms with Crippen LogP contribution in [0.3, 0.4) is 0 Å². The molecule has 166 valence electrons. The van der Waals surface area contributed by atoms with Crippen LogP contribution in [0.2, 0.25) is 0 Å². The molecule has 1 aliphatic rings. The minimum atomic E-state index is -0.163. The van der Waals surface area contributed by atoms with Crippen molar-refractivity contribution in [3.05, 3.63) is 50.4 Å². The van der Waals surface area contributed by atoms with Crippen LogP contribution in [0, 0.1) is 0 Å². The summed E-state index contributed by atoms with van der Waals surface area (Å²) in [6.07, 6.45) is 13.7. The number of rotatable bonds is 13. The molecule has 0 aromatic carbocycles.